The molecule has 1 fully saturated rings. The Morgan fingerprint density at radius 2 is 1.72 bits per heavy atom. The number of rotatable bonds is 3. The monoisotopic (exact) mass is 269 g/mol. The van der Waals surface area contributed by atoms with E-state index in [9.17, 15) is 8.42 Å². The Kier molecular flexibility index (Phi) is 3.49. The fraction of sp³-hybridized carbons (Fsp3) is 0.500. The van der Waals surface area contributed by atoms with Crippen LogP contribution in [0.5, 0.6) is 0 Å². The lowest BCUT2D eigenvalue weighted by Crippen LogP contribution is -2.33. The van der Waals surface area contributed by atoms with Crippen LogP contribution in [0.15, 0.2) is 12.1 Å². The average Bonchev–Trinajstić information content (AvgIpc) is 2.79. The molecule has 1 heterocycles. The third-order valence-electron chi connectivity index (χ3n) is 3.31. The Labute approximate surface area is 108 Å². The first kappa shape index (κ1) is 13.2. The van der Waals surface area contributed by atoms with E-state index in [-0.39, 0.29) is 0 Å². The number of hydrogen-bond donors (Lipinski definition) is 2. The summed E-state index contributed by atoms with van der Waals surface area (Å²) in [5.74, 6) is 0. The molecule has 0 spiro atoms. The molecule has 0 unspecified atom stereocenters. The van der Waals surface area contributed by atoms with Gasteiger partial charge in [-0.15, -0.1) is 0 Å². The highest BCUT2D eigenvalue weighted by molar-refractivity contribution is 7.90. The second kappa shape index (κ2) is 4.78. The lowest BCUT2D eigenvalue weighted by atomic mass is 10.1. The summed E-state index contributed by atoms with van der Waals surface area (Å²) < 4.78 is 28.2. The van der Waals surface area contributed by atoms with E-state index in [1.165, 1.54) is 4.31 Å². The topological polar surface area (TPSA) is 75.4 Å². The molecule has 1 saturated heterocycles. The van der Waals surface area contributed by atoms with Crippen LogP contribution in [0.4, 0.5) is 11.4 Å². The van der Waals surface area contributed by atoms with Crippen LogP contribution in [0.25, 0.3) is 0 Å². The Balaban J connectivity index is 2.26. The van der Waals surface area contributed by atoms with Gasteiger partial charge in [-0.1, -0.05) is 0 Å². The second-order valence-electron chi connectivity index (χ2n) is 4.74. The molecule has 1 aliphatic rings. The van der Waals surface area contributed by atoms with Crippen molar-refractivity contribution in [1.29, 1.82) is 0 Å². The summed E-state index contributed by atoms with van der Waals surface area (Å²) in [5.41, 5.74) is 8.84. The predicted molar refractivity (Wildman–Crippen MR) is 73.7 cm³/mol. The van der Waals surface area contributed by atoms with Crippen LogP contribution in [0.1, 0.15) is 24.0 Å². The van der Waals surface area contributed by atoms with Gasteiger partial charge in [-0.3, -0.25) is 4.72 Å². The van der Waals surface area contributed by atoms with Gasteiger partial charge in [0.25, 0.3) is 0 Å². The van der Waals surface area contributed by atoms with Gasteiger partial charge in [-0.05, 0) is 49.9 Å². The van der Waals surface area contributed by atoms with E-state index >= 15 is 0 Å². The SMILES string of the molecule is Cc1cc(N)c(NS(=O)(=O)N2CCCC2)cc1C. The Morgan fingerprint density at radius 1 is 1.17 bits per heavy atom. The Hall–Kier alpha value is -1.27. The lowest BCUT2D eigenvalue weighted by Gasteiger charge is -2.18. The van der Waals surface area contributed by atoms with Crippen LogP contribution < -0.4 is 10.5 Å². The van der Waals surface area contributed by atoms with Crippen LogP contribution in [0, 0.1) is 13.8 Å². The lowest BCUT2D eigenvalue weighted by molar-refractivity contribution is 0.482. The summed E-state index contributed by atoms with van der Waals surface area (Å²) in [6.45, 7) is 5.05. The number of nitrogens with zero attached hydrogens (tertiary/aromatic N) is 1. The summed E-state index contributed by atoms with van der Waals surface area (Å²) in [7, 11) is -3.46. The van der Waals surface area contributed by atoms with Crippen molar-refractivity contribution in [2.24, 2.45) is 0 Å². The zero-order chi connectivity index (χ0) is 13.3. The summed E-state index contributed by atoms with van der Waals surface area (Å²) in [6, 6.07) is 3.56. The van der Waals surface area contributed by atoms with E-state index in [1.54, 1.807) is 12.1 Å². The summed E-state index contributed by atoms with van der Waals surface area (Å²) in [4.78, 5) is 0. The van der Waals surface area contributed by atoms with E-state index in [1.807, 2.05) is 13.8 Å². The summed E-state index contributed by atoms with van der Waals surface area (Å²) in [6.07, 6.45) is 1.84. The Bertz CT molecular complexity index is 549. The minimum absolute atomic E-state index is 0.459. The molecule has 0 atom stereocenters. The molecule has 6 heteroatoms. The quantitative estimate of drug-likeness (QED) is 0.819. The third kappa shape index (κ3) is 2.59. The number of benzene rings is 1. The van der Waals surface area contributed by atoms with Gasteiger partial charge in [0.1, 0.15) is 0 Å². The molecule has 0 bridgehead atoms. The van der Waals surface area contributed by atoms with E-state index in [0.717, 1.165) is 24.0 Å². The highest BCUT2D eigenvalue weighted by Crippen LogP contribution is 2.25. The number of nitrogens with one attached hydrogen (secondary N) is 1. The number of nitrogen functional groups attached to an aromatic ring is 1. The second-order valence-corrected chi connectivity index (χ2v) is 6.41. The third-order valence-corrected chi connectivity index (χ3v) is 4.83. The van der Waals surface area contributed by atoms with Crippen molar-refractivity contribution < 1.29 is 8.42 Å². The molecule has 0 amide bonds. The van der Waals surface area contributed by atoms with Gasteiger partial charge in [-0.2, -0.15) is 12.7 Å². The smallest absolute Gasteiger partial charge is 0.301 e. The molecule has 100 valence electrons. The van der Waals surface area contributed by atoms with Gasteiger partial charge < -0.3 is 5.73 Å². The van der Waals surface area contributed by atoms with Crippen LogP contribution >= 0.6 is 0 Å². The highest BCUT2D eigenvalue weighted by atomic mass is 32.2. The number of anilines is 2. The minimum atomic E-state index is -3.46. The van der Waals surface area contributed by atoms with Gasteiger partial charge in [0.2, 0.25) is 0 Å². The summed E-state index contributed by atoms with van der Waals surface area (Å²) in [5, 5.41) is 0. The van der Waals surface area contributed by atoms with Crippen molar-refractivity contribution >= 4 is 21.6 Å². The number of nitrogens with two attached hydrogens (primary N) is 1. The van der Waals surface area contributed by atoms with Gasteiger partial charge in [-0.25, -0.2) is 0 Å². The van der Waals surface area contributed by atoms with Crippen LogP contribution in [-0.2, 0) is 10.2 Å². The van der Waals surface area contributed by atoms with Gasteiger partial charge >= 0.3 is 10.2 Å². The first-order chi connectivity index (χ1) is 8.40. The maximum Gasteiger partial charge on any atom is 0.301 e. The molecule has 0 aromatic heterocycles. The number of aryl methyl sites for hydroxylation is 2. The van der Waals surface area contributed by atoms with E-state index in [0.29, 0.717) is 24.5 Å². The van der Waals surface area contributed by atoms with Crippen molar-refractivity contribution in [3.8, 4) is 0 Å². The first-order valence-corrected chi connectivity index (χ1v) is 7.49. The average molecular weight is 269 g/mol. The molecular formula is C12H19N3O2S. The molecule has 1 aromatic rings. The van der Waals surface area contributed by atoms with Crippen molar-refractivity contribution in [2.45, 2.75) is 26.7 Å². The molecular weight excluding hydrogens is 250 g/mol. The molecule has 0 aliphatic carbocycles. The minimum Gasteiger partial charge on any atom is -0.397 e. The zero-order valence-electron chi connectivity index (χ0n) is 10.7. The van der Waals surface area contributed by atoms with Crippen LogP contribution in [-0.4, -0.2) is 25.8 Å². The normalized spacial score (nSPS) is 17.0. The molecule has 5 nitrogen and oxygen atoms in total. The van der Waals surface area contributed by atoms with Crippen LogP contribution in [0.2, 0.25) is 0 Å². The van der Waals surface area contributed by atoms with Gasteiger partial charge in [0, 0.05) is 13.1 Å². The molecule has 18 heavy (non-hydrogen) atoms. The molecule has 2 rings (SSSR count). The largest absolute Gasteiger partial charge is 0.397 e. The van der Waals surface area contributed by atoms with E-state index in [2.05, 4.69) is 4.72 Å². The van der Waals surface area contributed by atoms with Gasteiger partial charge in [0.05, 0.1) is 11.4 Å². The maximum atomic E-state index is 12.1. The maximum absolute atomic E-state index is 12.1. The van der Waals surface area contributed by atoms with Crippen molar-refractivity contribution in [1.82, 2.24) is 4.31 Å². The van der Waals surface area contributed by atoms with E-state index in [4.69, 9.17) is 5.73 Å². The molecule has 3 N–H and O–H groups in total. The molecule has 1 aromatic carbocycles. The van der Waals surface area contributed by atoms with Crippen molar-refractivity contribution in [3.05, 3.63) is 23.3 Å². The number of hydrogen-bond acceptors (Lipinski definition) is 3. The van der Waals surface area contributed by atoms with Crippen molar-refractivity contribution in [2.75, 3.05) is 23.5 Å². The van der Waals surface area contributed by atoms with E-state index < -0.39 is 10.2 Å². The predicted octanol–water partition coefficient (Wildman–Crippen LogP) is 1.64. The van der Waals surface area contributed by atoms with Gasteiger partial charge in [0.15, 0.2) is 0 Å². The highest BCUT2D eigenvalue weighted by Gasteiger charge is 2.25. The standard InChI is InChI=1S/C12H19N3O2S/c1-9-7-11(13)12(8-10(9)2)14-18(16,17)15-5-3-4-6-15/h7-8,14H,3-6,13H2,1-2H3. The fourth-order valence-corrected chi connectivity index (χ4v) is 3.38. The molecule has 1 aliphatic heterocycles. The zero-order valence-corrected chi connectivity index (χ0v) is 11.5. The first-order valence-electron chi connectivity index (χ1n) is 6.05. The molecule has 0 saturated carbocycles. The van der Waals surface area contributed by atoms with Crippen molar-refractivity contribution in [3.63, 3.8) is 0 Å². The molecule has 0 radical (unpaired) electrons. The fourth-order valence-electron chi connectivity index (χ4n) is 2.06. The summed E-state index contributed by atoms with van der Waals surface area (Å²) >= 11 is 0. The Morgan fingerprint density at radius 3 is 2.33 bits per heavy atom. The van der Waals surface area contributed by atoms with Crippen LogP contribution in [0.3, 0.4) is 0 Å².